The van der Waals surface area contributed by atoms with Crippen LogP contribution >= 0.6 is 0 Å². The molecule has 4 aliphatic rings. The van der Waals surface area contributed by atoms with Gasteiger partial charge in [-0.1, -0.05) is 19.3 Å². The molecule has 1 saturated heterocycles. The number of piperazine rings is 1. The summed E-state index contributed by atoms with van der Waals surface area (Å²) in [7, 11) is 0. The van der Waals surface area contributed by atoms with Crippen LogP contribution in [0, 0.1) is 5.92 Å². The van der Waals surface area contributed by atoms with Gasteiger partial charge in [-0.15, -0.1) is 0 Å². The van der Waals surface area contributed by atoms with Crippen LogP contribution in [0.15, 0.2) is 6.20 Å². The predicted molar refractivity (Wildman–Crippen MR) is 105 cm³/mol. The van der Waals surface area contributed by atoms with Crippen molar-refractivity contribution in [3.63, 3.8) is 0 Å². The Morgan fingerprint density at radius 2 is 1.71 bits per heavy atom. The number of carbonyl (C=O) groups excluding carboxylic acids is 2. The molecule has 0 spiro atoms. The van der Waals surface area contributed by atoms with Gasteiger partial charge >= 0.3 is 0 Å². The van der Waals surface area contributed by atoms with Crippen molar-refractivity contribution in [1.82, 2.24) is 24.3 Å². The quantitative estimate of drug-likeness (QED) is 0.793. The van der Waals surface area contributed by atoms with Crippen molar-refractivity contribution in [2.24, 2.45) is 5.92 Å². The zero-order valence-electron chi connectivity index (χ0n) is 16.7. The molecule has 3 heterocycles. The second kappa shape index (κ2) is 7.50. The molecule has 2 aliphatic heterocycles. The van der Waals surface area contributed by atoms with Gasteiger partial charge in [-0.2, -0.15) is 0 Å². The number of fused-ring (bicyclic) bond motifs is 1. The fourth-order valence-corrected chi connectivity index (χ4v) is 5.02. The maximum atomic E-state index is 13.0. The molecule has 1 aromatic rings. The van der Waals surface area contributed by atoms with Crippen LogP contribution in [0.2, 0.25) is 0 Å². The highest BCUT2D eigenvalue weighted by Crippen LogP contribution is 2.31. The van der Waals surface area contributed by atoms with Crippen molar-refractivity contribution in [2.45, 2.75) is 57.5 Å². The summed E-state index contributed by atoms with van der Waals surface area (Å²) >= 11 is 0. The smallest absolute Gasteiger partial charge is 0.289 e. The molecular weight excluding hydrogens is 354 g/mol. The summed E-state index contributed by atoms with van der Waals surface area (Å²) in [6, 6.07) is 0.709. The summed E-state index contributed by atoms with van der Waals surface area (Å²) in [5.41, 5.74) is 0.433. The van der Waals surface area contributed by atoms with E-state index in [9.17, 15) is 9.59 Å². The topological polar surface area (TPSA) is 61.7 Å². The van der Waals surface area contributed by atoms with E-state index in [1.165, 1.54) is 44.9 Å². The second-order valence-electron chi connectivity index (χ2n) is 8.96. The summed E-state index contributed by atoms with van der Waals surface area (Å²) in [6.07, 6.45) is 10.9. The van der Waals surface area contributed by atoms with Crippen molar-refractivity contribution in [1.29, 1.82) is 0 Å². The fraction of sp³-hybridized carbons (Fsp3) is 0.762. The van der Waals surface area contributed by atoms with Crippen molar-refractivity contribution in [3.05, 3.63) is 17.7 Å². The van der Waals surface area contributed by atoms with Crippen LogP contribution in [-0.2, 0) is 6.54 Å². The molecule has 2 saturated carbocycles. The molecule has 28 heavy (non-hydrogen) atoms. The Morgan fingerprint density at radius 1 is 0.964 bits per heavy atom. The summed E-state index contributed by atoms with van der Waals surface area (Å²) in [4.78, 5) is 36.6. The van der Waals surface area contributed by atoms with Crippen molar-refractivity contribution >= 4 is 11.8 Å². The molecule has 0 aromatic carbocycles. The molecule has 0 N–H and O–H groups in total. The van der Waals surface area contributed by atoms with E-state index >= 15 is 0 Å². The van der Waals surface area contributed by atoms with Crippen LogP contribution in [0.5, 0.6) is 0 Å². The number of hydrogen-bond donors (Lipinski definition) is 0. The standard InChI is InChI=1S/C21H31N5O2/c27-20(24-10-8-23(9-11-24)17-4-2-1-3-5-17)18-15-25-12-13-26(14-16-6-7-16)21(28)19(25)22-18/h15-17H,1-14H2. The molecule has 1 aromatic heterocycles. The maximum absolute atomic E-state index is 13.0. The number of amides is 2. The van der Waals surface area contributed by atoms with E-state index < -0.39 is 0 Å². The SMILES string of the molecule is O=C(c1cn2c(n1)C(=O)N(CC1CC1)CC2)N1CCN(C2CCCCC2)CC1. The number of aromatic nitrogens is 2. The molecule has 2 aliphatic carbocycles. The minimum atomic E-state index is -0.0215. The van der Waals surface area contributed by atoms with Crippen LogP contribution < -0.4 is 0 Å². The lowest BCUT2D eigenvalue weighted by Gasteiger charge is -2.40. The summed E-state index contributed by atoms with van der Waals surface area (Å²) in [5.74, 6) is 1.08. The van der Waals surface area contributed by atoms with E-state index in [0.29, 0.717) is 23.5 Å². The van der Waals surface area contributed by atoms with Crippen LogP contribution in [0.4, 0.5) is 0 Å². The Kier molecular flexibility index (Phi) is 4.87. The molecule has 0 radical (unpaired) electrons. The van der Waals surface area contributed by atoms with Gasteiger partial charge in [0.05, 0.1) is 0 Å². The van der Waals surface area contributed by atoms with Crippen LogP contribution in [0.3, 0.4) is 0 Å². The highest BCUT2D eigenvalue weighted by molar-refractivity contribution is 5.96. The lowest BCUT2D eigenvalue weighted by Crippen LogP contribution is -2.52. The first-order chi connectivity index (χ1) is 13.7. The first-order valence-corrected chi connectivity index (χ1v) is 11.1. The van der Waals surface area contributed by atoms with Gasteiger partial charge < -0.3 is 14.4 Å². The minimum absolute atomic E-state index is 0.0145. The van der Waals surface area contributed by atoms with Crippen LogP contribution in [0.25, 0.3) is 0 Å². The zero-order valence-corrected chi connectivity index (χ0v) is 16.7. The van der Waals surface area contributed by atoms with Gasteiger partial charge in [0, 0.05) is 58.1 Å². The van der Waals surface area contributed by atoms with Gasteiger partial charge in [0.2, 0.25) is 0 Å². The highest BCUT2D eigenvalue weighted by Gasteiger charge is 2.34. The number of rotatable bonds is 4. The highest BCUT2D eigenvalue weighted by atomic mass is 16.2. The first kappa shape index (κ1) is 18.2. The molecule has 0 atom stereocenters. The lowest BCUT2D eigenvalue weighted by molar-refractivity contribution is 0.0518. The monoisotopic (exact) mass is 385 g/mol. The van der Waals surface area contributed by atoms with Crippen LogP contribution in [-0.4, -0.2) is 81.4 Å². The summed E-state index contributed by atoms with van der Waals surface area (Å²) in [6.45, 7) is 5.75. The average Bonchev–Trinajstić information content (AvgIpc) is 3.45. The fourth-order valence-electron chi connectivity index (χ4n) is 5.02. The number of imidazole rings is 1. The van der Waals surface area contributed by atoms with E-state index in [1.54, 1.807) is 6.20 Å². The lowest BCUT2D eigenvalue weighted by atomic mass is 9.94. The Bertz CT molecular complexity index is 742. The largest absolute Gasteiger partial charge is 0.335 e. The van der Waals surface area contributed by atoms with Gasteiger partial charge in [0.1, 0.15) is 5.69 Å². The van der Waals surface area contributed by atoms with E-state index in [-0.39, 0.29) is 11.8 Å². The maximum Gasteiger partial charge on any atom is 0.289 e. The van der Waals surface area contributed by atoms with Crippen molar-refractivity contribution in [2.75, 3.05) is 39.3 Å². The molecule has 152 valence electrons. The van der Waals surface area contributed by atoms with Crippen molar-refractivity contribution in [3.8, 4) is 0 Å². The van der Waals surface area contributed by atoms with Crippen LogP contribution in [0.1, 0.15) is 66.1 Å². The molecular formula is C21H31N5O2. The molecule has 0 unspecified atom stereocenters. The Hall–Kier alpha value is -1.89. The van der Waals surface area contributed by atoms with E-state index in [0.717, 1.165) is 45.8 Å². The predicted octanol–water partition coefficient (Wildman–Crippen LogP) is 1.84. The van der Waals surface area contributed by atoms with Gasteiger partial charge in [-0.05, 0) is 31.6 Å². The van der Waals surface area contributed by atoms with E-state index in [1.807, 2.05) is 14.4 Å². The molecule has 7 nitrogen and oxygen atoms in total. The molecule has 3 fully saturated rings. The Balaban J connectivity index is 1.21. The van der Waals surface area contributed by atoms with Gasteiger partial charge in [0.15, 0.2) is 5.82 Å². The summed E-state index contributed by atoms with van der Waals surface area (Å²) < 4.78 is 1.87. The molecule has 7 heteroatoms. The third-order valence-corrected chi connectivity index (χ3v) is 6.95. The van der Waals surface area contributed by atoms with E-state index in [2.05, 4.69) is 9.88 Å². The van der Waals surface area contributed by atoms with Gasteiger partial charge in [-0.25, -0.2) is 4.98 Å². The average molecular weight is 386 g/mol. The number of hydrogen-bond acceptors (Lipinski definition) is 4. The molecule has 0 bridgehead atoms. The van der Waals surface area contributed by atoms with Gasteiger partial charge in [-0.3, -0.25) is 14.5 Å². The van der Waals surface area contributed by atoms with E-state index in [4.69, 9.17) is 0 Å². The third kappa shape index (κ3) is 3.56. The zero-order chi connectivity index (χ0) is 19.1. The first-order valence-electron chi connectivity index (χ1n) is 11.1. The minimum Gasteiger partial charge on any atom is -0.335 e. The Labute approximate surface area is 166 Å². The normalized spacial score (nSPS) is 24.5. The van der Waals surface area contributed by atoms with Gasteiger partial charge in [0.25, 0.3) is 11.8 Å². The number of carbonyl (C=O) groups is 2. The molecule has 2 amide bonds. The van der Waals surface area contributed by atoms with Crippen molar-refractivity contribution < 1.29 is 9.59 Å². The second-order valence-corrected chi connectivity index (χ2v) is 8.96. The number of nitrogens with zero attached hydrogens (tertiary/aromatic N) is 5. The molecule has 5 rings (SSSR count). The third-order valence-electron chi connectivity index (χ3n) is 6.95. The summed E-state index contributed by atoms with van der Waals surface area (Å²) in [5, 5.41) is 0. The Morgan fingerprint density at radius 3 is 2.43 bits per heavy atom.